The highest BCUT2D eigenvalue weighted by Gasteiger charge is 2.34. The second-order valence-electron chi connectivity index (χ2n) is 4.88. The lowest BCUT2D eigenvalue weighted by molar-refractivity contribution is 0.500. The van der Waals surface area contributed by atoms with Gasteiger partial charge in [-0.25, -0.2) is 0 Å². The summed E-state index contributed by atoms with van der Waals surface area (Å²) in [6, 6.07) is 7.08. The quantitative estimate of drug-likeness (QED) is 0.859. The van der Waals surface area contributed by atoms with Gasteiger partial charge in [0, 0.05) is 18.1 Å². The predicted octanol–water partition coefficient (Wildman–Crippen LogP) is 2.83. The van der Waals surface area contributed by atoms with Crippen molar-refractivity contribution >= 4 is 17.3 Å². The fourth-order valence-electron chi connectivity index (χ4n) is 2.58. The third-order valence-electron chi connectivity index (χ3n) is 3.28. The molecule has 0 radical (unpaired) electrons. The van der Waals surface area contributed by atoms with Gasteiger partial charge < -0.3 is 10.6 Å². The minimum absolute atomic E-state index is 0.158. The number of para-hydroxylation sites is 1. The van der Waals surface area contributed by atoms with Gasteiger partial charge in [-0.05, 0) is 38.8 Å². The number of anilines is 1. The highest BCUT2D eigenvalue weighted by atomic mass is 35.5. The molecule has 0 amide bonds. The fourth-order valence-corrected chi connectivity index (χ4v) is 2.88. The second kappa shape index (κ2) is 4.27. The van der Waals surface area contributed by atoms with E-state index in [4.69, 9.17) is 17.3 Å². The third-order valence-corrected chi connectivity index (χ3v) is 3.58. The van der Waals surface area contributed by atoms with Gasteiger partial charge >= 0.3 is 0 Å². The maximum atomic E-state index is 6.30. The minimum atomic E-state index is 0.158. The van der Waals surface area contributed by atoms with E-state index in [2.05, 4.69) is 31.7 Å². The first-order valence-electron chi connectivity index (χ1n) is 5.83. The summed E-state index contributed by atoms with van der Waals surface area (Å²) in [5, 5.41) is 0.842. The van der Waals surface area contributed by atoms with Crippen molar-refractivity contribution in [3.05, 3.63) is 28.8 Å². The standard InChI is InChI=1S/C13H19ClN2/c1-8(2)16-12(9(3)15)7-10-5-4-6-11(14)13(10)16/h4-6,8-9,12H,7,15H2,1-3H3. The average molecular weight is 239 g/mol. The molecule has 1 aliphatic heterocycles. The van der Waals surface area contributed by atoms with Gasteiger partial charge in [0.25, 0.3) is 0 Å². The summed E-state index contributed by atoms with van der Waals surface area (Å²) in [5.74, 6) is 0. The van der Waals surface area contributed by atoms with E-state index in [1.54, 1.807) is 0 Å². The zero-order valence-corrected chi connectivity index (χ0v) is 10.8. The van der Waals surface area contributed by atoms with Crippen LogP contribution in [-0.4, -0.2) is 18.1 Å². The lowest BCUT2D eigenvalue weighted by atomic mass is 10.1. The zero-order valence-electron chi connectivity index (χ0n) is 10.1. The number of fused-ring (bicyclic) bond motifs is 1. The van der Waals surface area contributed by atoms with Crippen LogP contribution in [0.3, 0.4) is 0 Å². The molecule has 88 valence electrons. The molecule has 2 rings (SSSR count). The summed E-state index contributed by atoms with van der Waals surface area (Å²) in [6.07, 6.45) is 1.01. The predicted molar refractivity (Wildman–Crippen MR) is 70.2 cm³/mol. The SMILES string of the molecule is CC(N)C1Cc2cccc(Cl)c2N1C(C)C. The summed E-state index contributed by atoms with van der Waals surface area (Å²) in [7, 11) is 0. The summed E-state index contributed by atoms with van der Waals surface area (Å²) in [4.78, 5) is 2.36. The van der Waals surface area contributed by atoms with Crippen LogP contribution in [0.2, 0.25) is 5.02 Å². The highest BCUT2D eigenvalue weighted by Crippen LogP contribution is 2.39. The summed E-state index contributed by atoms with van der Waals surface area (Å²) < 4.78 is 0. The summed E-state index contributed by atoms with van der Waals surface area (Å²) >= 11 is 6.30. The summed E-state index contributed by atoms with van der Waals surface area (Å²) in [6.45, 7) is 6.45. The normalized spacial score (nSPS) is 21.4. The molecule has 2 nitrogen and oxygen atoms in total. The molecule has 0 aliphatic carbocycles. The maximum absolute atomic E-state index is 6.30. The molecule has 1 heterocycles. The van der Waals surface area contributed by atoms with Crippen LogP contribution in [0.15, 0.2) is 18.2 Å². The molecular formula is C13H19ClN2. The number of nitrogens with two attached hydrogens (primary N) is 1. The van der Waals surface area contributed by atoms with Crippen LogP contribution in [-0.2, 0) is 6.42 Å². The van der Waals surface area contributed by atoms with Crippen molar-refractivity contribution in [3.63, 3.8) is 0 Å². The second-order valence-corrected chi connectivity index (χ2v) is 5.29. The Labute approximate surface area is 102 Å². The molecule has 0 saturated carbocycles. The van der Waals surface area contributed by atoms with Crippen LogP contribution in [0.4, 0.5) is 5.69 Å². The Morgan fingerprint density at radius 1 is 1.38 bits per heavy atom. The van der Waals surface area contributed by atoms with Crippen molar-refractivity contribution in [2.75, 3.05) is 4.90 Å². The Bertz CT molecular complexity index is 388. The van der Waals surface area contributed by atoms with Gasteiger partial charge in [-0.3, -0.25) is 0 Å². The molecule has 0 bridgehead atoms. The molecule has 1 aliphatic rings. The Morgan fingerprint density at radius 3 is 2.62 bits per heavy atom. The molecule has 16 heavy (non-hydrogen) atoms. The monoisotopic (exact) mass is 238 g/mol. The van der Waals surface area contributed by atoms with Gasteiger partial charge in [-0.15, -0.1) is 0 Å². The van der Waals surface area contributed by atoms with E-state index in [0.717, 1.165) is 11.4 Å². The van der Waals surface area contributed by atoms with Crippen LogP contribution >= 0.6 is 11.6 Å². The number of rotatable bonds is 2. The summed E-state index contributed by atoms with van der Waals surface area (Å²) in [5.41, 5.74) is 8.58. The molecule has 1 aromatic carbocycles. The van der Waals surface area contributed by atoms with E-state index in [0.29, 0.717) is 12.1 Å². The molecule has 0 spiro atoms. The van der Waals surface area contributed by atoms with Crippen molar-refractivity contribution in [2.45, 2.75) is 45.3 Å². The molecule has 2 atom stereocenters. The number of hydrogen-bond acceptors (Lipinski definition) is 2. The number of benzene rings is 1. The molecule has 0 fully saturated rings. The Morgan fingerprint density at radius 2 is 2.06 bits per heavy atom. The van der Waals surface area contributed by atoms with Crippen molar-refractivity contribution in [1.29, 1.82) is 0 Å². The third kappa shape index (κ3) is 1.80. The Kier molecular flexibility index (Phi) is 3.13. The van der Waals surface area contributed by atoms with Gasteiger partial charge in [-0.1, -0.05) is 23.7 Å². The van der Waals surface area contributed by atoms with Crippen molar-refractivity contribution in [1.82, 2.24) is 0 Å². The van der Waals surface area contributed by atoms with Crippen molar-refractivity contribution in [3.8, 4) is 0 Å². The van der Waals surface area contributed by atoms with Gasteiger partial charge in [-0.2, -0.15) is 0 Å². The van der Waals surface area contributed by atoms with Gasteiger partial charge in [0.15, 0.2) is 0 Å². The number of hydrogen-bond donors (Lipinski definition) is 1. The van der Waals surface area contributed by atoms with E-state index in [9.17, 15) is 0 Å². The molecule has 2 N–H and O–H groups in total. The van der Waals surface area contributed by atoms with Crippen LogP contribution in [0.1, 0.15) is 26.3 Å². The Hall–Kier alpha value is -0.730. The van der Waals surface area contributed by atoms with E-state index in [1.807, 2.05) is 12.1 Å². The number of halogens is 1. The van der Waals surface area contributed by atoms with E-state index in [1.165, 1.54) is 11.3 Å². The molecule has 3 heteroatoms. The first-order valence-corrected chi connectivity index (χ1v) is 6.21. The molecule has 1 aromatic rings. The molecule has 0 saturated heterocycles. The first kappa shape index (κ1) is 11.7. The van der Waals surface area contributed by atoms with Gasteiger partial charge in [0.05, 0.1) is 10.7 Å². The molecular weight excluding hydrogens is 220 g/mol. The van der Waals surface area contributed by atoms with E-state index < -0.39 is 0 Å². The average Bonchev–Trinajstić information content (AvgIpc) is 2.58. The lowest BCUT2D eigenvalue weighted by Gasteiger charge is -2.34. The van der Waals surface area contributed by atoms with E-state index >= 15 is 0 Å². The highest BCUT2D eigenvalue weighted by molar-refractivity contribution is 6.33. The largest absolute Gasteiger partial charge is 0.363 e. The smallest absolute Gasteiger partial charge is 0.0642 e. The Balaban J connectivity index is 2.46. The maximum Gasteiger partial charge on any atom is 0.0642 e. The first-order chi connectivity index (χ1) is 7.52. The van der Waals surface area contributed by atoms with Crippen LogP contribution in [0.25, 0.3) is 0 Å². The van der Waals surface area contributed by atoms with Gasteiger partial charge in [0.1, 0.15) is 0 Å². The molecule has 2 unspecified atom stereocenters. The van der Waals surface area contributed by atoms with Crippen LogP contribution < -0.4 is 10.6 Å². The van der Waals surface area contributed by atoms with Gasteiger partial charge in [0.2, 0.25) is 0 Å². The fraction of sp³-hybridized carbons (Fsp3) is 0.538. The van der Waals surface area contributed by atoms with E-state index in [-0.39, 0.29) is 6.04 Å². The van der Waals surface area contributed by atoms with Crippen molar-refractivity contribution < 1.29 is 0 Å². The lowest BCUT2D eigenvalue weighted by Crippen LogP contribution is -2.47. The minimum Gasteiger partial charge on any atom is -0.363 e. The van der Waals surface area contributed by atoms with Crippen LogP contribution in [0.5, 0.6) is 0 Å². The topological polar surface area (TPSA) is 29.3 Å². The van der Waals surface area contributed by atoms with Crippen LogP contribution in [0, 0.1) is 0 Å². The zero-order chi connectivity index (χ0) is 11.9. The van der Waals surface area contributed by atoms with Crippen molar-refractivity contribution in [2.24, 2.45) is 5.73 Å². The number of nitrogens with zero attached hydrogens (tertiary/aromatic N) is 1. The molecule has 0 aromatic heterocycles.